The number of aromatic amines is 1. The molecule has 0 spiro atoms. The van der Waals surface area contributed by atoms with E-state index in [0.29, 0.717) is 10.5 Å². The minimum Gasteiger partial charge on any atom is -0.480 e. The lowest BCUT2D eigenvalue weighted by atomic mass is 10.3. The van der Waals surface area contributed by atoms with Crippen LogP contribution >= 0.6 is 11.6 Å². The van der Waals surface area contributed by atoms with E-state index >= 15 is 0 Å². The second-order valence-corrected chi connectivity index (χ2v) is 3.84. The summed E-state index contributed by atoms with van der Waals surface area (Å²) in [6.45, 7) is -0.584. The zero-order valence-electron chi connectivity index (χ0n) is 8.44. The molecule has 1 aromatic carbocycles. The molecule has 0 bridgehead atoms. The molecule has 1 heterocycles. The van der Waals surface area contributed by atoms with Crippen molar-refractivity contribution >= 4 is 28.6 Å². The second kappa shape index (κ2) is 4.06. The van der Waals surface area contributed by atoms with Crippen LogP contribution in [0.25, 0.3) is 11.0 Å². The van der Waals surface area contributed by atoms with E-state index in [1.807, 2.05) is 0 Å². The molecule has 0 saturated heterocycles. The zero-order chi connectivity index (χ0) is 12.6. The Morgan fingerprint density at radius 3 is 2.76 bits per heavy atom. The van der Waals surface area contributed by atoms with E-state index in [-0.39, 0.29) is 5.52 Å². The molecule has 0 aliphatic heterocycles. The molecule has 1 aromatic heterocycles. The van der Waals surface area contributed by atoms with Gasteiger partial charge in [0.2, 0.25) is 0 Å². The zero-order valence-corrected chi connectivity index (χ0v) is 9.19. The van der Waals surface area contributed by atoms with Crippen molar-refractivity contribution in [1.82, 2.24) is 9.55 Å². The van der Waals surface area contributed by atoms with Gasteiger partial charge in [0.1, 0.15) is 6.54 Å². The Bertz CT molecular complexity index is 716. The van der Waals surface area contributed by atoms with Crippen LogP contribution in [0.1, 0.15) is 0 Å². The number of nitrogens with zero attached hydrogens (tertiary/aromatic N) is 1. The maximum atomic E-state index is 11.5. The average molecular weight is 255 g/mol. The standard InChI is InChI=1S/C10H7ClN2O4/c11-5-1-2-6-7(3-5)13(4-8(14)15)10(17)9(16)12-6/h1-3H,4H2,(H,12,16)(H,14,15). The summed E-state index contributed by atoms with van der Waals surface area (Å²) in [5.74, 6) is -1.21. The second-order valence-electron chi connectivity index (χ2n) is 3.40. The highest BCUT2D eigenvalue weighted by atomic mass is 35.5. The molecular weight excluding hydrogens is 248 g/mol. The van der Waals surface area contributed by atoms with E-state index in [0.717, 1.165) is 4.57 Å². The number of halogens is 1. The summed E-state index contributed by atoms with van der Waals surface area (Å²) in [6.07, 6.45) is 0. The summed E-state index contributed by atoms with van der Waals surface area (Å²) >= 11 is 5.76. The van der Waals surface area contributed by atoms with Gasteiger partial charge in [0.05, 0.1) is 11.0 Å². The number of hydrogen-bond acceptors (Lipinski definition) is 3. The molecule has 2 aromatic rings. The van der Waals surface area contributed by atoms with Crippen molar-refractivity contribution in [1.29, 1.82) is 0 Å². The number of benzene rings is 1. The molecule has 0 amide bonds. The SMILES string of the molecule is O=C(O)Cn1c(=O)c(=O)[nH]c2ccc(Cl)cc21. The number of carboxylic acids is 1. The van der Waals surface area contributed by atoms with Gasteiger partial charge < -0.3 is 10.1 Å². The lowest BCUT2D eigenvalue weighted by Crippen LogP contribution is -2.37. The van der Waals surface area contributed by atoms with Gasteiger partial charge in [-0.3, -0.25) is 19.0 Å². The summed E-state index contributed by atoms with van der Waals surface area (Å²) in [4.78, 5) is 35.9. The quantitative estimate of drug-likeness (QED) is 0.760. The van der Waals surface area contributed by atoms with Crippen molar-refractivity contribution in [2.75, 3.05) is 0 Å². The molecule has 7 heteroatoms. The van der Waals surface area contributed by atoms with Gasteiger partial charge in [0.15, 0.2) is 0 Å². The molecule has 0 aliphatic carbocycles. The van der Waals surface area contributed by atoms with E-state index in [4.69, 9.17) is 16.7 Å². The van der Waals surface area contributed by atoms with Gasteiger partial charge in [0.25, 0.3) is 0 Å². The average Bonchev–Trinajstić information content (AvgIpc) is 2.25. The first-order valence-corrected chi connectivity index (χ1v) is 5.01. The molecule has 0 aliphatic rings. The summed E-state index contributed by atoms with van der Waals surface area (Å²) in [5, 5.41) is 9.06. The van der Waals surface area contributed by atoms with Crippen LogP contribution < -0.4 is 11.1 Å². The monoisotopic (exact) mass is 254 g/mol. The Labute approximate surface area is 99.1 Å². The topological polar surface area (TPSA) is 92.2 Å². The Morgan fingerprint density at radius 2 is 2.12 bits per heavy atom. The first-order chi connectivity index (χ1) is 7.99. The summed E-state index contributed by atoms with van der Waals surface area (Å²) in [6, 6.07) is 4.48. The molecular formula is C10H7ClN2O4. The molecule has 0 saturated carbocycles. The number of aromatic nitrogens is 2. The van der Waals surface area contributed by atoms with Crippen LogP contribution in [0.2, 0.25) is 5.02 Å². The third-order valence-electron chi connectivity index (χ3n) is 2.23. The first-order valence-electron chi connectivity index (χ1n) is 4.63. The number of aliphatic carboxylic acids is 1. The molecule has 0 atom stereocenters. The smallest absolute Gasteiger partial charge is 0.323 e. The van der Waals surface area contributed by atoms with Gasteiger partial charge in [-0.05, 0) is 18.2 Å². The van der Waals surface area contributed by atoms with Crippen LogP contribution in [-0.2, 0) is 11.3 Å². The Balaban J connectivity index is 2.89. The van der Waals surface area contributed by atoms with E-state index in [1.54, 1.807) is 0 Å². The first kappa shape index (κ1) is 11.4. The van der Waals surface area contributed by atoms with Crippen molar-refractivity contribution < 1.29 is 9.90 Å². The third kappa shape index (κ3) is 2.07. The van der Waals surface area contributed by atoms with Crippen LogP contribution in [-0.4, -0.2) is 20.6 Å². The van der Waals surface area contributed by atoms with Gasteiger partial charge in [-0.25, -0.2) is 0 Å². The normalized spacial score (nSPS) is 10.6. The number of carbonyl (C=O) groups is 1. The molecule has 0 radical (unpaired) electrons. The summed E-state index contributed by atoms with van der Waals surface area (Å²) in [7, 11) is 0. The van der Waals surface area contributed by atoms with Gasteiger partial charge >= 0.3 is 17.1 Å². The number of carboxylic acid groups (broad SMARTS) is 1. The van der Waals surface area contributed by atoms with Crippen LogP contribution in [0.3, 0.4) is 0 Å². The number of hydrogen-bond donors (Lipinski definition) is 2. The fourth-order valence-electron chi connectivity index (χ4n) is 1.53. The third-order valence-corrected chi connectivity index (χ3v) is 2.47. The van der Waals surface area contributed by atoms with Crippen molar-refractivity contribution in [3.8, 4) is 0 Å². The van der Waals surface area contributed by atoms with Crippen molar-refractivity contribution in [3.05, 3.63) is 43.9 Å². The van der Waals surface area contributed by atoms with Crippen LogP contribution in [0.15, 0.2) is 27.8 Å². The lowest BCUT2D eigenvalue weighted by Gasteiger charge is -2.06. The molecule has 88 valence electrons. The fourth-order valence-corrected chi connectivity index (χ4v) is 1.70. The lowest BCUT2D eigenvalue weighted by molar-refractivity contribution is -0.137. The largest absolute Gasteiger partial charge is 0.480 e. The van der Waals surface area contributed by atoms with Gasteiger partial charge in [-0.15, -0.1) is 0 Å². The highest BCUT2D eigenvalue weighted by Gasteiger charge is 2.10. The maximum absolute atomic E-state index is 11.5. The Kier molecular flexibility index (Phi) is 2.72. The summed E-state index contributed by atoms with van der Waals surface area (Å²) < 4.78 is 0.877. The highest BCUT2D eigenvalue weighted by Crippen LogP contribution is 2.15. The van der Waals surface area contributed by atoms with Gasteiger partial charge in [-0.2, -0.15) is 0 Å². The minimum absolute atomic E-state index is 0.282. The minimum atomic E-state index is -1.21. The van der Waals surface area contributed by atoms with E-state index in [1.165, 1.54) is 18.2 Å². The highest BCUT2D eigenvalue weighted by molar-refractivity contribution is 6.31. The molecule has 17 heavy (non-hydrogen) atoms. The van der Waals surface area contributed by atoms with Crippen molar-refractivity contribution in [3.63, 3.8) is 0 Å². The number of H-pyrrole nitrogens is 1. The molecule has 2 rings (SSSR count). The van der Waals surface area contributed by atoms with Crippen LogP contribution in [0.5, 0.6) is 0 Å². The fraction of sp³-hybridized carbons (Fsp3) is 0.100. The molecule has 2 N–H and O–H groups in total. The number of rotatable bonds is 2. The van der Waals surface area contributed by atoms with Gasteiger partial charge in [-0.1, -0.05) is 11.6 Å². The van der Waals surface area contributed by atoms with Crippen molar-refractivity contribution in [2.45, 2.75) is 6.54 Å². The van der Waals surface area contributed by atoms with Crippen LogP contribution in [0.4, 0.5) is 0 Å². The Morgan fingerprint density at radius 1 is 1.41 bits per heavy atom. The van der Waals surface area contributed by atoms with E-state index < -0.39 is 23.6 Å². The molecule has 0 fully saturated rings. The summed E-state index contributed by atoms with van der Waals surface area (Å²) in [5.41, 5.74) is -1.13. The predicted molar refractivity (Wildman–Crippen MR) is 61.5 cm³/mol. The van der Waals surface area contributed by atoms with Crippen molar-refractivity contribution in [2.24, 2.45) is 0 Å². The maximum Gasteiger partial charge on any atom is 0.323 e. The predicted octanol–water partition coefficient (Wildman–Crippen LogP) is 0.428. The van der Waals surface area contributed by atoms with Crippen LogP contribution in [0, 0.1) is 0 Å². The Hall–Kier alpha value is -2.08. The number of nitrogens with one attached hydrogen (secondary N) is 1. The molecule has 0 unspecified atom stereocenters. The van der Waals surface area contributed by atoms with E-state index in [9.17, 15) is 14.4 Å². The van der Waals surface area contributed by atoms with E-state index in [2.05, 4.69) is 4.98 Å². The molecule has 6 nitrogen and oxygen atoms in total. The van der Waals surface area contributed by atoms with Gasteiger partial charge in [0, 0.05) is 5.02 Å². The number of fused-ring (bicyclic) bond motifs is 1.